The van der Waals surface area contributed by atoms with Crippen molar-refractivity contribution in [2.24, 2.45) is 0 Å². The van der Waals surface area contributed by atoms with E-state index in [0.717, 1.165) is 0 Å². The molecule has 3 heteroatoms. The summed E-state index contributed by atoms with van der Waals surface area (Å²) in [5, 5.41) is 0.444. The molecule has 1 nitrogen and oxygen atoms in total. The van der Waals surface area contributed by atoms with Crippen LogP contribution in [-0.2, 0) is 0 Å². The molecule has 0 aliphatic heterocycles. The lowest BCUT2D eigenvalue weighted by Gasteiger charge is -1.96. The fourth-order valence-corrected chi connectivity index (χ4v) is 1.35. The van der Waals surface area contributed by atoms with E-state index in [1.807, 2.05) is 0 Å². The van der Waals surface area contributed by atoms with E-state index in [2.05, 4.69) is 12.1 Å². The number of hydrogen-bond donors (Lipinski definition) is 0. The van der Waals surface area contributed by atoms with Crippen LogP contribution in [-0.4, -0.2) is 0 Å². The van der Waals surface area contributed by atoms with Gasteiger partial charge in [-0.1, -0.05) is 11.6 Å². The first-order valence-electron chi connectivity index (χ1n) is 4.02. The third-order valence-corrected chi connectivity index (χ3v) is 2.07. The highest BCUT2D eigenvalue weighted by molar-refractivity contribution is 6.31. The van der Waals surface area contributed by atoms with Crippen molar-refractivity contribution in [2.75, 3.05) is 0 Å². The standard InChI is InChI=1S/C11H6ClFN/c12-10-5-1-2-6-11(10)14-7-3-4-9(13)8-14/h1,3-4,6-8H/q+1. The molecule has 14 heavy (non-hydrogen) atoms. The lowest BCUT2D eigenvalue weighted by atomic mass is 10.3. The lowest BCUT2D eigenvalue weighted by Crippen LogP contribution is -2.30. The average molecular weight is 207 g/mol. The van der Waals surface area contributed by atoms with Crippen molar-refractivity contribution < 1.29 is 8.96 Å². The van der Waals surface area contributed by atoms with Crippen molar-refractivity contribution in [1.29, 1.82) is 0 Å². The van der Waals surface area contributed by atoms with Crippen LogP contribution in [0, 0.1) is 17.9 Å². The second kappa shape index (κ2) is 3.76. The van der Waals surface area contributed by atoms with Gasteiger partial charge in [-0.05, 0) is 18.2 Å². The summed E-state index contributed by atoms with van der Waals surface area (Å²) in [5.74, 6) is -0.313. The highest BCUT2D eigenvalue weighted by atomic mass is 35.5. The summed E-state index contributed by atoms with van der Waals surface area (Å²) >= 11 is 5.89. The number of halogens is 2. The largest absolute Gasteiger partial charge is 0.230 e. The highest BCUT2D eigenvalue weighted by Gasteiger charge is 2.10. The minimum absolute atomic E-state index is 0.313. The van der Waals surface area contributed by atoms with E-state index in [1.165, 1.54) is 12.3 Å². The molecule has 68 valence electrons. The minimum atomic E-state index is -0.313. The van der Waals surface area contributed by atoms with Crippen LogP contribution in [0.25, 0.3) is 5.69 Å². The van der Waals surface area contributed by atoms with E-state index in [9.17, 15) is 4.39 Å². The molecule has 0 amide bonds. The zero-order valence-electron chi connectivity index (χ0n) is 7.17. The van der Waals surface area contributed by atoms with Gasteiger partial charge in [-0.2, -0.15) is 4.57 Å². The van der Waals surface area contributed by atoms with Crippen molar-refractivity contribution in [1.82, 2.24) is 0 Å². The molecule has 2 aromatic rings. The summed E-state index contributed by atoms with van der Waals surface area (Å²) in [6, 6.07) is 11.9. The molecule has 2 rings (SSSR count). The molecule has 0 unspecified atom stereocenters. The smallest absolute Gasteiger partial charge is 0.200 e. The third kappa shape index (κ3) is 1.75. The predicted octanol–water partition coefficient (Wildman–Crippen LogP) is 2.36. The van der Waals surface area contributed by atoms with Crippen molar-refractivity contribution in [3.05, 3.63) is 59.6 Å². The quantitative estimate of drug-likeness (QED) is 0.631. The monoisotopic (exact) mass is 206 g/mol. The van der Waals surface area contributed by atoms with E-state index < -0.39 is 0 Å². The summed E-state index contributed by atoms with van der Waals surface area (Å²) in [5.41, 5.74) is 0.661. The fraction of sp³-hybridized carbons (Fsp3) is 0. The molecule has 0 aliphatic carbocycles. The summed E-state index contributed by atoms with van der Waals surface area (Å²) in [4.78, 5) is 0. The molecule has 0 N–H and O–H groups in total. The first-order chi connectivity index (χ1) is 6.77. The molecule has 0 bridgehead atoms. The van der Waals surface area contributed by atoms with Crippen LogP contribution in [0.1, 0.15) is 0 Å². The molecule has 1 aromatic carbocycles. The van der Waals surface area contributed by atoms with Gasteiger partial charge in [0.25, 0.3) is 0 Å². The normalized spacial score (nSPS) is 10.1. The summed E-state index contributed by atoms with van der Waals surface area (Å²) in [7, 11) is 0. The van der Waals surface area contributed by atoms with Gasteiger partial charge in [-0.15, -0.1) is 0 Å². The van der Waals surface area contributed by atoms with Crippen molar-refractivity contribution in [2.45, 2.75) is 0 Å². The highest BCUT2D eigenvalue weighted by Crippen LogP contribution is 2.13. The number of rotatable bonds is 1. The summed E-state index contributed by atoms with van der Waals surface area (Å²) in [6.07, 6.45) is 3.06. The van der Waals surface area contributed by atoms with Crippen LogP contribution < -0.4 is 4.57 Å². The second-order valence-electron chi connectivity index (χ2n) is 2.73. The van der Waals surface area contributed by atoms with Crippen molar-refractivity contribution in [3.63, 3.8) is 0 Å². The van der Waals surface area contributed by atoms with Crippen LogP contribution in [0.15, 0.2) is 36.7 Å². The Morgan fingerprint density at radius 1 is 1.43 bits per heavy atom. The zero-order valence-corrected chi connectivity index (χ0v) is 7.92. The molecule has 0 fully saturated rings. The minimum Gasteiger partial charge on any atom is -0.200 e. The van der Waals surface area contributed by atoms with Gasteiger partial charge >= 0.3 is 0 Å². The van der Waals surface area contributed by atoms with Gasteiger partial charge in [0.2, 0.25) is 11.9 Å². The molecule has 1 heterocycles. The van der Waals surface area contributed by atoms with Gasteiger partial charge < -0.3 is 0 Å². The topological polar surface area (TPSA) is 3.88 Å². The van der Waals surface area contributed by atoms with E-state index >= 15 is 0 Å². The van der Waals surface area contributed by atoms with Gasteiger partial charge in [0.05, 0.1) is 0 Å². The Morgan fingerprint density at radius 3 is 3.00 bits per heavy atom. The molecule has 0 spiro atoms. The third-order valence-electron chi connectivity index (χ3n) is 1.77. The van der Waals surface area contributed by atoms with E-state index in [1.54, 1.807) is 29.0 Å². The number of pyridine rings is 1. The number of aromatic nitrogens is 1. The first-order valence-corrected chi connectivity index (χ1v) is 4.39. The molecular formula is C11H6ClFN+. The van der Waals surface area contributed by atoms with Gasteiger partial charge in [0.15, 0.2) is 12.0 Å². The van der Waals surface area contributed by atoms with Crippen LogP contribution in [0.5, 0.6) is 0 Å². The number of nitrogens with zero attached hydrogens (tertiary/aromatic N) is 1. The lowest BCUT2D eigenvalue weighted by molar-refractivity contribution is -0.597. The van der Waals surface area contributed by atoms with E-state index in [-0.39, 0.29) is 5.82 Å². The first kappa shape index (κ1) is 9.16. The molecule has 1 aromatic heterocycles. The van der Waals surface area contributed by atoms with Gasteiger partial charge in [0, 0.05) is 18.2 Å². The van der Waals surface area contributed by atoms with Crippen molar-refractivity contribution in [3.8, 4) is 5.69 Å². The maximum Gasteiger partial charge on any atom is 0.230 e. The molecule has 0 atom stereocenters. The van der Waals surface area contributed by atoms with E-state index in [0.29, 0.717) is 10.7 Å². The van der Waals surface area contributed by atoms with E-state index in [4.69, 9.17) is 11.6 Å². The predicted molar refractivity (Wildman–Crippen MR) is 50.6 cm³/mol. The van der Waals surface area contributed by atoms with Crippen LogP contribution >= 0.6 is 11.6 Å². The van der Waals surface area contributed by atoms with Crippen LogP contribution in [0.3, 0.4) is 0 Å². The van der Waals surface area contributed by atoms with Crippen molar-refractivity contribution >= 4 is 11.6 Å². The maximum absolute atomic E-state index is 12.9. The average Bonchev–Trinajstić information content (AvgIpc) is 2.18. The molecular weight excluding hydrogens is 201 g/mol. The number of benzene rings is 1. The van der Waals surface area contributed by atoms with Crippen LogP contribution in [0.2, 0.25) is 5.02 Å². The number of hydrogen-bond acceptors (Lipinski definition) is 0. The summed E-state index contributed by atoms with van der Waals surface area (Å²) in [6.45, 7) is 0. The fourth-order valence-electron chi connectivity index (χ4n) is 1.15. The molecule has 2 radical (unpaired) electrons. The Hall–Kier alpha value is -1.41. The Balaban J connectivity index is 2.55. The van der Waals surface area contributed by atoms with Crippen LogP contribution in [0.4, 0.5) is 4.39 Å². The Kier molecular flexibility index (Phi) is 2.46. The molecule has 0 aliphatic rings. The van der Waals surface area contributed by atoms with Gasteiger partial charge in [-0.25, -0.2) is 4.39 Å². The summed E-state index contributed by atoms with van der Waals surface area (Å²) < 4.78 is 14.5. The SMILES string of the molecule is Fc1ccc[n+](-c2c[c]c[c]c2Cl)c1. The van der Waals surface area contributed by atoms with Gasteiger partial charge in [0.1, 0.15) is 5.02 Å². The zero-order chi connectivity index (χ0) is 9.97. The maximum atomic E-state index is 12.9. The second-order valence-corrected chi connectivity index (χ2v) is 3.11. The van der Waals surface area contributed by atoms with Gasteiger partial charge in [-0.3, -0.25) is 0 Å². The Bertz CT molecular complexity index is 457. The Morgan fingerprint density at radius 2 is 2.29 bits per heavy atom. The Labute approximate surface area is 86.4 Å². The molecule has 0 saturated heterocycles. The molecule has 0 saturated carbocycles.